The van der Waals surface area contributed by atoms with Gasteiger partial charge in [-0.15, -0.1) is 11.3 Å². The second-order valence-electron chi connectivity index (χ2n) is 6.47. The van der Waals surface area contributed by atoms with E-state index in [4.69, 9.17) is 5.26 Å². The highest BCUT2D eigenvalue weighted by Gasteiger charge is 2.23. The van der Waals surface area contributed by atoms with Crippen LogP contribution >= 0.6 is 11.3 Å². The summed E-state index contributed by atoms with van der Waals surface area (Å²) >= 11 is 1.23. The molecule has 0 unspecified atom stereocenters. The number of carbonyl (C=O) groups is 2. The van der Waals surface area contributed by atoms with Crippen molar-refractivity contribution in [3.8, 4) is 6.07 Å². The lowest BCUT2D eigenvalue weighted by Gasteiger charge is -2.16. The molecule has 5 nitrogen and oxygen atoms in total. The molecule has 1 heterocycles. The lowest BCUT2D eigenvalue weighted by atomic mass is 9.96. The number of nitrogens with one attached hydrogen (secondary N) is 2. The molecular weight excluding hydrogens is 322 g/mol. The smallest absolute Gasteiger partial charge is 0.266 e. The van der Waals surface area contributed by atoms with Gasteiger partial charge in [0.15, 0.2) is 0 Å². The Hall–Kier alpha value is -2.65. The Bertz CT molecular complexity index is 826. The van der Waals surface area contributed by atoms with E-state index in [0.29, 0.717) is 21.1 Å². The van der Waals surface area contributed by atoms with Crippen molar-refractivity contribution < 1.29 is 9.59 Å². The van der Waals surface area contributed by atoms with Crippen LogP contribution in [0.5, 0.6) is 0 Å². The van der Waals surface area contributed by atoms with Gasteiger partial charge in [0.25, 0.3) is 5.91 Å². The normalized spacial score (nSPS) is 10.8. The molecule has 0 atom stereocenters. The average molecular weight is 341 g/mol. The van der Waals surface area contributed by atoms with E-state index in [2.05, 4.69) is 10.6 Å². The predicted octanol–water partition coefficient (Wildman–Crippen LogP) is 4.17. The number of nitrogens with zero attached hydrogens (tertiary/aromatic N) is 1. The quantitative estimate of drug-likeness (QED) is 0.879. The molecular formula is C18H19N3O2S. The van der Waals surface area contributed by atoms with Gasteiger partial charge in [0.1, 0.15) is 0 Å². The second kappa shape index (κ2) is 6.85. The number of hydrogen-bond acceptors (Lipinski definition) is 4. The van der Waals surface area contributed by atoms with Crippen LogP contribution in [0.2, 0.25) is 0 Å². The molecule has 1 aromatic heterocycles. The van der Waals surface area contributed by atoms with E-state index in [1.807, 2.05) is 33.8 Å². The highest BCUT2D eigenvalue weighted by atomic mass is 32.1. The van der Waals surface area contributed by atoms with Crippen LogP contribution in [0.25, 0.3) is 0 Å². The van der Waals surface area contributed by atoms with Crippen molar-refractivity contribution in [1.82, 2.24) is 0 Å². The van der Waals surface area contributed by atoms with E-state index in [1.165, 1.54) is 11.3 Å². The number of thiophene rings is 1. The fourth-order valence-corrected chi connectivity index (χ4v) is 2.89. The number of aryl methyl sites for hydroxylation is 1. The van der Waals surface area contributed by atoms with Crippen LogP contribution in [0.15, 0.2) is 30.3 Å². The molecule has 0 spiro atoms. The Balaban J connectivity index is 2.16. The predicted molar refractivity (Wildman–Crippen MR) is 96.3 cm³/mol. The maximum atomic E-state index is 12.4. The van der Waals surface area contributed by atoms with E-state index in [9.17, 15) is 9.59 Å². The van der Waals surface area contributed by atoms with Gasteiger partial charge in [-0.25, -0.2) is 0 Å². The summed E-state index contributed by atoms with van der Waals surface area (Å²) in [5.41, 5.74) is 1.33. The van der Waals surface area contributed by atoms with Gasteiger partial charge < -0.3 is 10.6 Å². The van der Waals surface area contributed by atoms with Crippen molar-refractivity contribution in [2.75, 3.05) is 10.6 Å². The van der Waals surface area contributed by atoms with Gasteiger partial charge >= 0.3 is 0 Å². The molecule has 0 aliphatic carbocycles. The van der Waals surface area contributed by atoms with Crippen molar-refractivity contribution in [2.45, 2.75) is 27.7 Å². The van der Waals surface area contributed by atoms with Crippen LogP contribution in [-0.4, -0.2) is 11.8 Å². The minimum absolute atomic E-state index is 0.0996. The molecule has 0 saturated carbocycles. The number of benzene rings is 1. The standard InChI is InChI=1S/C18H19N3O2S/c1-11-8-14(21-17(23)18(2,3)4)24-15(11)16(22)20-13-7-5-6-12(9-13)10-19/h5-9H,1-4H3,(H,20,22)(H,21,23). The summed E-state index contributed by atoms with van der Waals surface area (Å²) in [7, 11) is 0. The zero-order chi connectivity index (χ0) is 17.9. The fourth-order valence-electron chi connectivity index (χ4n) is 1.92. The van der Waals surface area contributed by atoms with E-state index in [-0.39, 0.29) is 11.8 Å². The summed E-state index contributed by atoms with van der Waals surface area (Å²) in [5.74, 6) is -0.360. The highest BCUT2D eigenvalue weighted by Crippen LogP contribution is 2.29. The van der Waals surface area contributed by atoms with E-state index < -0.39 is 5.41 Å². The third-order valence-electron chi connectivity index (χ3n) is 3.29. The molecule has 2 rings (SSSR count). The number of rotatable bonds is 3. The van der Waals surface area contributed by atoms with Gasteiger partial charge in [-0.05, 0) is 36.8 Å². The molecule has 0 radical (unpaired) electrons. The number of amides is 2. The van der Waals surface area contributed by atoms with Crippen LogP contribution in [0, 0.1) is 23.7 Å². The van der Waals surface area contributed by atoms with Crippen LogP contribution in [0.4, 0.5) is 10.7 Å². The van der Waals surface area contributed by atoms with Crippen molar-refractivity contribution in [3.63, 3.8) is 0 Å². The van der Waals surface area contributed by atoms with Crippen molar-refractivity contribution >= 4 is 33.8 Å². The Morgan fingerprint density at radius 1 is 1.17 bits per heavy atom. The molecule has 0 fully saturated rings. The molecule has 1 aromatic carbocycles. The first-order chi connectivity index (χ1) is 11.2. The zero-order valence-corrected chi connectivity index (χ0v) is 14.9. The molecule has 2 amide bonds. The van der Waals surface area contributed by atoms with Gasteiger partial charge in [-0.3, -0.25) is 9.59 Å². The maximum Gasteiger partial charge on any atom is 0.266 e. The van der Waals surface area contributed by atoms with Gasteiger partial charge in [-0.2, -0.15) is 5.26 Å². The van der Waals surface area contributed by atoms with Crippen LogP contribution in [0.1, 0.15) is 41.6 Å². The second-order valence-corrected chi connectivity index (χ2v) is 7.53. The van der Waals surface area contributed by atoms with Crippen molar-refractivity contribution in [2.24, 2.45) is 5.41 Å². The van der Waals surface area contributed by atoms with E-state index in [0.717, 1.165) is 5.56 Å². The van der Waals surface area contributed by atoms with E-state index in [1.54, 1.807) is 30.3 Å². The van der Waals surface area contributed by atoms with Crippen LogP contribution in [-0.2, 0) is 4.79 Å². The first-order valence-electron chi connectivity index (χ1n) is 7.44. The number of anilines is 2. The van der Waals surface area contributed by atoms with Gasteiger partial charge in [0.05, 0.1) is 21.5 Å². The largest absolute Gasteiger partial charge is 0.321 e. The summed E-state index contributed by atoms with van der Waals surface area (Å²) in [4.78, 5) is 25.0. The third kappa shape index (κ3) is 4.21. The Labute approximate surface area is 145 Å². The summed E-state index contributed by atoms with van der Waals surface area (Å²) in [6.07, 6.45) is 0. The first kappa shape index (κ1) is 17.7. The molecule has 0 bridgehead atoms. The summed E-state index contributed by atoms with van der Waals surface area (Å²) in [6.45, 7) is 7.32. The zero-order valence-electron chi connectivity index (χ0n) is 14.1. The molecule has 124 valence electrons. The molecule has 0 aliphatic rings. The SMILES string of the molecule is Cc1cc(NC(=O)C(C)(C)C)sc1C(=O)Nc1cccc(C#N)c1. The Morgan fingerprint density at radius 3 is 2.50 bits per heavy atom. The third-order valence-corrected chi connectivity index (χ3v) is 4.44. The Kier molecular flexibility index (Phi) is 5.05. The molecule has 24 heavy (non-hydrogen) atoms. The summed E-state index contributed by atoms with van der Waals surface area (Å²) in [5, 5.41) is 15.2. The summed E-state index contributed by atoms with van der Waals surface area (Å²) in [6, 6.07) is 10.5. The van der Waals surface area contributed by atoms with Crippen molar-refractivity contribution in [3.05, 3.63) is 46.3 Å². The fraction of sp³-hybridized carbons (Fsp3) is 0.278. The Morgan fingerprint density at radius 2 is 1.88 bits per heavy atom. The molecule has 0 saturated heterocycles. The lowest BCUT2D eigenvalue weighted by Crippen LogP contribution is -2.27. The molecule has 0 aliphatic heterocycles. The minimum atomic E-state index is -0.502. The maximum absolute atomic E-state index is 12.4. The number of nitriles is 1. The molecule has 6 heteroatoms. The van der Waals surface area contributed by atoms with Gasteiger partial charge in [0, 0.05) is 11.1 Å². The number of carbonyl (C=O) groups excluding carboxylic acids is 2. The van der Waals surface area contributed by atoms with Gasteiger partial charge in [-0.1, -0.05) is 26.8 Å². The van der Waals surface area contributed by atoms with Crippen LogP contribution in [0.3, 0.4) is 0 Å². The summed E-state index contributed by atoms with van der Waals surface area (Å²) < 4.78 is 0. The lowest BCUT2D eigenvalue weighted by molar-refractivity contribution is -0.123. The molecule has 2 N–H and O–H groups in total. The first-order valence-corrected chi connectivity index (χ1v) is 8.26. The monoisotopic (exact) mass is 341 g/mol. The average Bonchev–Trinajstić information content (AvgIpc) is 2.87. The molecule has 2 aromatic rings. The van der Waals surface area contributed by atoms with Crippen LogP contribution < -0.4 is 10.6 Å². The van der Waals surface area contributed by atoms with Gasteiger partial charge in [0.2, 0.25) is 5.91 Å². The minimum Gasteiger partial charge on any atom is -0.321 e. The number of hydrogen-bond donors (Lipinski definition) is 2. The van der Waals surface area contributed by atoms with E-state index >= 15 is 0 Å². The highest BCUT2D eigenvalue weighted by molar-refractivity contribution is 7.18. The van der Waals surface area contributed by atoms with Crippen molar-refractivity contribution in [1.29, 1.82) is 5.26 Å². The topological polar surface area (TPSA) is 82.0 Å².